The average Bonchev–Trinajstić information content (AvgIpc) is 2.63. The molecular weight excluding hydrogens is 324 g/mol. The van der Waals surface area contributed by atoms with Crippen molar-refractivity contribution in [1.82, 2.24) is 0 Å². The minimum Gasteiger partial charge on any atom is -0.0991 e. The molecule has 0 N–H and O–H groups in total. The summed E-state index contributed by atoms with van der Waals surface area (Å²) < 4.78 is 0. The predicted molar refractivity (Wildman–Crippen MR) is 123 cm³/mol. The second-order valence-corrected chi connectivity index (χ2v) is 8.09. The van der Waals surface area contributed by atoms with Crippen LogP contribution >= 0.6 is 0 Å². The Morgan fingerprint density at radius 1 is 1.19 bits per heavy atom. The molecule has 1 unspecified atom stereocenters. The van der Waals surface area contributed by atoms with Crippen molar-refractivity contribution in [3.05, 3.63) is 71.8 Å². The lowest BCUT2D eigenvalue weighted by Crippen LogP contribution is -2.15. The van der Waals surface area contributed by atoms with E-state index in [1.165, 1.54) is 68.1 Å². The summed E-state index contributed by atoms with van der Waals surface area (Å²) in [5.41, 5.74) is 3.93. The van der Waals surface area contributed by atoms with Gasteiger partial charge in [-0.25, -0.2) is 0 Å². The van der Waals surface area contributed by atoms with Crippen LogP contribution in [0, 0.1) is 18.8 Å². The van der Waals surface area contributed by atoms with Gasteiger partial charge in [0.25, 0.3) is 0 Å². The minimum atomic E-state index is 0.969. The fraction of sp³-hybridized carbons (Fsp3) is 0.556. The summed E-state index contributed by atoms with van der Waals surface area (Å²) in [5, 5.41) is 0. The van der Waals surface area contributed by atoms with E-state index >= 15 is 0 Å². The van der Waals surface area contributed by atoms with Gasteiger partial charge in [-0.05, 0) is 49.7 Å². The summed E-state index contributed by atoms with van der Waals surface area (Å²) in [4.78, 5) is 0. The van der Waals surface area contributed by atoms with E-state index in [9.17, 15) is 0 Å². The van der Waals surface area contributed by atoms with Crippen molar-refractivity contribution in [2.24, 2.45) is 11.8 Å². The zero-order valence-electron chi connectivity index (χ0n) is 18.3. The molecule has 1 aliphatic carbocycles. The topological polar surface area (TPSA) is 0 Å². The molecule has 150 valence electrons. The van der Waals surface area contributed by atoms with Crippen molar-refractivity contribution in [3.8, 4) is 0 Å². The van der Waals surface area contributed by atoms with Gasteiger partial charge in [0, 0.05) is 0 Å². The first kappa shape index (κ1) is 23.5. The van der Waals surface area contributed by atoms with Gasteiger partial charge in [0.05, 0.1) is 0 Å². The van der Waals surface area contributed by atoms with Crippen LogP contribution in [0.3, 0.4) is 0 Å². The Bertz CT molecular complexity index is 554. The summed E-state index contributed by atoms with van der Waals surface area (Å²) in [6.07, 6.45) is 20.9. The molecule has 0 spiro atoms. The fourth-order valence-electron chi connectivity index (χ4n) is 3.66. The maximum Gasteiger partial charge on any atom is -0.00259 e. The molecule has 27 heavy (non-hydrogen) atoms. The molecule has 1 atom stereocenters. The molecule has 2 rings (SSSR count). The molecule has 1 fully saturated rings. The standard InChI is InChI=1S/C15H18.C12H24/c1-4-6-14(7-5-2)12-15-10-8-13(3)9-11-15;1-3-5-7-11(4-2)10-12-8-6-9-12/h4-11H,1,12H2,2-3H3;11-12H,3-10H2,1-2H3/b7-5-,14-6+;. The van der Waals surface area contributed by atoms with E-state index in [1.807, 2.05) is 13.0 Å². The lowest BCUT2D eigenvalue weighted by molar-refractivity contribution is 0.236. The number of allylic oxidation sites excluding steroid dienone is 5. The van der Waals surface area contributed by atoms with Crippen LogP contribution in [0.4, 0.5) is 0 Å². The average molecular weight is 367 g/mol. The quantitative estimate of drug-likeness (QED) is 0.363. The molecule has 0 aliphatic heterocycles. The Labute approximate surface area is 169 Å². The fourth-order valence-corrected chi connectivity index (χ4v) is 3.66. The summed E-state index contributed by atoms with van der Waals surface area (Å²) in [6.45, 7) is 12.5. The highest BCUT2D eigenvalue weighted by atomic mass is 14.3. The van der Waals surface area contributed by atoms with Gasteiger partial charge in [-0.1, -0.05) is 120 Å². The Morgan fingerprint density at radius 2 is 1.89 bits per heavy atom. The Hall–Kier alpha value is -1.56. The van der Waals surface area contributed by atoms with Crippen LogP contribution in [0.25, 0.3) is 0 Å². The van der Waals surface area contributed by atoms with E-state index in [0.717, 1.165) is 18.3 Å². The summed E-state index contributed by atoms with van der Waals surface area (Å²) in [7, 11) is 0. The Morgan fingerprint density at radius 3 is 2.37 bits per heavy atom. The maximum atomic E-state index is 3.73. The third-order valence-corrected chi connectivity index (χ3v) is 5.68. The van der Waals surface area contributed by atoms with Gasteiger partial charge in [0.15, 0.2) is 0 Å². The monoisotopic (exact) mass is 366 g/mol. The van der Waals surface area contributed by atoms with E-state index < -0.39 is 0 Å². The first-order chi connectivity index (χ1) is 13.1. The van der Waals surface area contributed by atoms with Crippen molar-refractivity contribution in [2.45, 2.75) is 85.5 Å². The first-order valence-corrected chi connectivity index (χ1v) is 11.1. The lowest BCUT2D eigenvalue weighted by atomic mass is 9.77. The van der Waals surface area contributed by atoms with Crippen LogP contribution in [0.1, 0.15) is 83.3 Å². The van der Waals surface area contributed by atoms with Gasteiger partial charge >= 0.3 is 0 Å². The van der Waals surface area contributed by atoms with Gasteiger partial charge in [-0.2, -0.15) is 0 Å². The second kappa shape index (κ2) is 14.5. The zero-order valence-corrected chi connectivity index (χ0v) is 18.3. The molecule has 1 aromatic rings. The van der Waals surface area contributed by atoms with Crippen molar-refractivity contribution in [2.75, 3.05) is 0 Å². The van der Waals surface area contributed by atoms with Gasteiger partial charge in [0.1, 0.15) is 0 Å². The molecule has 1 saturated carbocycles. The summed E-state index contributed by atoms with van der Waals surface area (Å²) in [6, 6.07) is 8.65. The smallest absolute Gasteiger partial charge is 0.00259 e. The summed E-state index contributed by atoms with van der Waals surface area (Å²) in [5.74, 6) is 2.17. The Kier molecular flexibility index (Phi) is 12.6. The van der Waals surface area contributed by atoms with Gasteiger partial charge in [-0.15, -0.1) is 0 Å². The largest absolute Gasteiger partial charge is 0.0991 e. The minimum absolute atomic E-state index is 0.969. The SMILES string of the molecule is C=C/C=C(\C=C/C)Cc1ccc(C)cc1.CCCCC(CC)CC1CCC1. The van der Waals surface area contributed by atoms with Crippen molar-refractivity contribution in [3.63, 3.8) is 0 Å². The molecule has 0 nitrogen and oxygen atoms in total. The number of benzene rings is 1. The highest BCUT2D eigenvalue weighted by Gasteiger charge is 2.20. The molecule has 0 aromatic heterocycles. The molecule has 0 amide bonds. The number of unbranched alkanes of at least 4 members (excludes halogenated alkanes) is 1. The summed E-state index contributed by atoms with van der Waals surface area (Å²) >= 11 is 0. The molecule has 0 bridgehead atoms. The molecular formula is C27H42. The van der Waals surface area contributed by atoms with E-state index in [2.05, 4.69) is 69.8 Å². The van der Waals surface area contributed by atoms with Crippen molar-refractivity contribution < 1.29 is 0 Å². The highest BCUT2D eigenvalue weighted by Crippen LogP contribution is 2.34. The number of rotatable bonds is 10. The van der Waals surface area contributed by atoms with Crippen LogP contribution < -0.4 is 0 Å². The third-order valence-electron chi connectivity index (χ3n) is 5.68. The molecule has 0 radical (unpaired) electrons. The Balaban J connectivity index is 0.000000277. The van der Waals surface area contributed by atoms with Crippen LogP contribution in [-0.4, -0.2) is 0 Å². The molecule has 1 aromatic carbocycles. The first-order valence-electron chi connectivity index (χ1n) is 11.1. The van der Waals surface area contributed by atoms with Crippen LogP contribution in [-0.2, 0) is 6.42 Å². The van der Waals surface area contributed by atoms with E-state index in [0.29, 0.717) is 0 Å². The number of hydrogen-bond acceptors (Lipinski definition) is 0. The van der Waals surface area contributed by atoms with E-state index in [-0.39, 0.29) is 0 Å². The second-order valence-electron chi connectivity index (χ2n) is 8.09. The van der Waals surface area contributed by atoms with Crippen LogP contribution in [0.2, 0.25) is 0 Å². The van der Waals surface area contributed by atoms with Gasteiger partial charge in [0.2, 0.25) is 0 Å². The van der Waals surface area contributed by atoms with Crippen LogP contribution in [0.5, 0.6) is 0 Å². The maximum absolute atomic E-state index is 3.73. The van der Waals surface area contributed by atoms with Gasteiger partial charge < -0.3 is 0 Å². The van der Waals surface area contributed by atoms with Crippen molar-refractivity contribution >= 4 is 0 Å². The molecule has 0 heteroatoms. The van der Waals surface area contributed by atoms with E-state index in [1.54, 1.807) is 0 Å². The normalized spacial score (nSPS) is 15.8. The number of aryl methyl sites for hydroxylation is 1. The zero-order chi connectivity index (χ0) is 19.9. The highest BCUT2D eigenvalue weighted by molar-refractivity contribution is 5.31. The molecule has 0 saturated heterocycles. The third kappa shape index (κ3) is 10.4. The van der Waals surface area contributed by atoms with E-state index in [4.69, 9.17) is 0 Å². The molecule has 1 aliphatic rings. The van der Waals surface area contributed by atoms with Crippen LogP contribution in [0.15, 0.2) is 60.7 Å². The number of hydrogen-bond donors (Lipinski definition) is 0. The lowest BCUT2D eigenvalue weighted by Gasteiger charge is -2.29. The van der Waals surface area contributed by atoms with Gasteiger partial charge in [-0.3, -0.25) is 0 Å². The molecule has 0 heterocycles. The predicted octanol–water partition coefficient (Wildman–Crippen LogP) is 8.62. The van der Waals surface area contributed by atoms with Crippen molar-refractivity contribution in [1.29, 1.82) is 0 Å².